The van der Waals surface area contributed by atoms with Crippen LogP contribution in [0.4, 0.5) is 0 Å². The second-order valence-electron chi connectivity index (χ2n) is 5.50. The molecular weight excluding hydrogens is 216 g/mol. The van der Waals surface area contributed by atoms with Gasteiger partial charge in [-0.15, -0.1) is 0 Å². The molecule has 0 aromatic carbocycles. The van der Waals surface area contributed by atoms with Crippen LogP contribution in [0.15, 0.2) is 0 Å². The van der Waals surface area contributed by atoms with E-state index in [9.17, 15) is 4.79 Å². The summed E-state index contributed by atoms with van der Waals surface area (Å²) in [5, 5.41) is 15.5. The van der Waals surface area contributed by atoms with Crippen LogP contribution < -0.4 is 10.6 Å². The molecule has 4 nitrogen and oxygen atoms in total. The van der Waals surface area contributed by atoms with Crippen molar-refractivity contribution in [2.45, 2.75) is 64.0 Å². The lowest BCUT2D eigenvalue weighted by Crippen LogP contribution is -2.47. The van der Waals surface area contributed by atoms with Gasteiger partial charge in [-0.3, -0.25) is 4.79 Å². The van der Waals surface area contributed by atoms with E-state index in [0.29, 0.717) is 6.04 Å². The maximum absolute atomic E-state index is 10.9. The molecule has 0 amide bonds. The minimum Gasteiger partial charge on any atom is -0.480 e. The average Bonchev–Trinajstić information content (AvgIpc) is 2.29. The highest BCUT2D eigenvalue weighted by atomic mass is 16.4. The third kappa shape index (κ3) is 5.50. The first-order chi connectivity index (χ1) is 8.02. The van der Waals surface area contributed by atoms with E-state index in [4.69, 9.17) is 5.11 Å². The van der Waals surface area contributed by atoms with Gasteiger partial charge < -0.3 is 15.7 Å². The molecule has 100 valence electrons. The summed E-state index contributed by atoms with van der Waals surface area (Å²) in [6, 6.07) is 0.691. The fraction of sp³-hybridized carbons (Fsp3) is 0.923. The smallest absolute Gasteiger partial charge is 0.323 e. The SMILES string of the molecule is CC(C)(NCCCNC1CCCCC1)C(=O)O. The van der Waals surface area contributed by atoms with E-state index in [0.717, 1.165) is 19.5 Å². The summed E-state index contributed by atoms with van der Waals surface area (Å²) in [5.74, 6) is -0.794. The third-order valence-corrected chi connectivity index (χ3v) is 3.49. The standard InChI is InChI=1S/C13H26N2O2/c1-13(2,12(16)17)15-10-6-9-14-11-7-4-3-5-8-11/h11,14-15H,3-10H2,1-2H3,(H,16,17). The number of hydrogen-bond acceptors (Lipinski definition) is 3. The minimum absolute atomic E-state index is 0.691. The Morgan fingerprint density at radius 3 is 2.47 bits per heavy atom. The Bertz CT molecular complexity index is 236. The van der Waals surface area contributed by atoms with Crippen molar-refractivity contribution in [2.24, 2.45) is 0 Å². The van der Waals surface area contributed by atoms with Crippen molar-refractivity contribution in [3.63, 3.8) is 0 Å². The molecule has 0 aromatic heterocycles. The molecular formula is C13H26N2O2. The first kappa shape index (κ1) is 14.5. The predicted molar refractivity (Wildman–Crippen MR) is 69.2 cm³/mol. The molecule has 0 radical (unpaired) electrons. The van der Waals surface area contributed by atoms with Gasteiger partial charge in [0.05, 0.1) is 0 Å². The van der Waals surface area contributed by atoms with Gasteiger partial charge in [0.25, 0.3) is 0 Å². The minimum atomic E-state index is -0.815. The molecule has 0 heterocycles. The van der Waals surface area contributed by atoms with Gasteiger partial charge in [0.15, 0.2) is 0 Å². The summed E-state index contributed by atoms with van der Waals surface area (Å²) in [4.78, 5) is 10.9. The Kier molecular flexibility index (Phi) is 5.92. The van der Waals surface area contributed by atoms with E-state index in [-0.39, 0.29) is 0 Å². The van der Waals surface area contributed by atoms with Gasteiger partial charge in [-0.05, 0) is 46.2 Å². The van der Waals surface area contributed by atoms with Crippen molar-refractivity contribution in [1.29, 1.82) is 0 Å². The van der Waals surface area contributed by atoms with Crippen LogP contribution >= 0.6 is 0 Å². The number of rotatable bonds is 7. The largest absolute Gasteiger partial charge is 0.480 e. The number of aliphatic carboxylic acids is 1. The van der Waals surface area contributed by atoms with Crippen molar-refractivity contribution in [3.05, 3.63) is 0 Å². The topological polar surface area (TPSA) is 61.4 Å². The Hall–Kier alpha value is -0.610. The van der Waals surface area contributed by atoms with Gasteiger partial charge in [0.1, 0.15) is 5.54 Å². The molecule has 0 spiro atoms. The number of nitrogens with one attached hydrogen (secondary N) is 2. The molecule has 1 aliphatic carbocycles. The zero-order valence-corrected chi connectivity index (χ0v) is 11.1. The van der Waals surface area contributed by atoms with Gasteiger partial charge in [0.2, 0.25) is 0 Å². The van der Waals surface area contributed by atoms with E-state index >= 15 is 0 Å². The highest BCUT2D eigenvalue weighted by molar-refractivity contribution is 5.77. The molecule has 4 heteroatoms. The molecule has 1 fully saturated rings. The van der Waals surface area contributed by atoms with Crippen LogP contribution in [0.2, 0.25) is 0 Å². The van der Waals surface area contributed by atoms with E-state index in [1.807, 2.05) is 0 Å². The normalized spacial score (nSPS) is 18.2. The quantitative estimate of drug-likeness (QED) is 0.595. The van der Waals surface area contributed by atoms with Crippen LogP contribution in [0.1, 0.15) is 52.4 Å². The summed E-state index contributed by atoms with van der Waals surface area (Å²) >= 11 is 0. The van der Waals surface area contributed by atoms with Crippen LogP contribution in [0.5, 0.6) is 0 Å². The number of carboxylic acids is 1. The Labute approximate surface area is 104 Å². The third-order valence-electron chi connectivity index (χ3n) is 3.49. The fourth-order valence-electron chi connectivity index (χ4n) is 2.18. The monoisotopic (exact) mass is 242 g/mol. The molecule has 0 bridgehead atoms. The van der Waals surface area contributed by atoms with Crippen molar-refractivity contribution < 1.29 is 9.90 Å². The molecule has 1 saturated carbocycles. The zero-order valence-electron chi connectivity index (χ0n) is 11.1. The first-order valence-corrected chi connectivity index (χ1v) is 6.74. The Morgan fingerprint density at radius 1 is 1.24 bits per heavy atom. The maximum Gasteiger partial charge on any atom is 0.323 e. The highest BCUT2D eigenvalue weighted by Gasteiger charge is 2.25. The Balaban J connectivity index is 2.02. The molecule has 0 aromatic rings. The summed E-state index contributed by atoms with van der Waals surface area (Å²) in [6.07, 6.45) is 7.66. The summed E-state index contributed by atoms with van der Waals surface area (Å²) < 4.78 is 0. The molecule has 0 unspecified atom stereocenters. The van der Waals surface area contributed by atoms with Gasteiger partial charge in [0, 0.05) is 6.04 Å². The van der Waals surface area contributed by atoms with E-state index < -0.39 is 11.5 Å². The van der Waals surface area contributed by atoms with Crippen LogP contribution in [0.25, 0.3) is 0 Å². The summed E-state index contributed by atoms with van der Waals surface area (Å²) in [6.45, 7) is 5.13. The summed E-state index contributed by atoms with van der Waals surface area (Å²) in [5.41, 5.74) is -0.815. The van der Waals surface area contributed by atoms with Crippen LogP contribution in [-0.4, -0.2) is 35.7 Å². The first-order valence-electron chi connectivity index (χ1n) is 6.74. The van der Waals surface area contributed by atoms with Crippen molar-refractivity contribution >= 4 is 5.97 Å². The van der Waals surface area contributed by atoms with Gasteiger partial charge >= 0.3 is 5.97 Å². The second-order valence-corrected chi connectivity index (χ2v) is 5.50. The average molecular weight is 242 g/mol. The lowest BCUT2D eigenvalue weighted by atomic mass is 9.95. The Morgan fingerprint density at radius 2 is 1.88 bits per heavy atom. The van der Waals surface area contributed by atoms with Crippen molar-refractivity contribution in [2.75, 3.05) is 13.1 Å². The molecule has 0 saturated heterocycles. The number of carbonyl (C=O) groups is 1. The number of carboxylic acid groups (broad SMARTS) is 1. The lowest BCUT2D eigenvalue weighted by molar-refractivity contribution is -0.143. The van der Waals surface area contributed by atoms with E-state index in [1.165, 1.54) is 32.1 Å². The van der Waals surface area contributed by atoms with Crippen molar-refractivity contribution in [1.82, 2.24) is 10.6 Å². The second kappa shape index (κ2) is 6.97. The van der Waals surface area contributed by atoms with Crippen molar-refractivity contribution in [3.8, 4) is 0 Å². The van der Waals surface area contributed by atoms with E-state index in [1.54, 1.807) is 13.8 Å². The highest BCUT2D eigenvalue weighted by Crippen LogP contribution is 2.17. The molecule has 0 aliphatic heterocycles. The zero-order chi connectivity index (χ0) is 12.7. The van der Waals surface area contributed by atoms with Gasteiger partial charge in [-0.1, -0.05) is 19.3 Å². The fourth-order valence-corrected chi connectivity index (χ4v) is 2.18. The molecule has 0 atom stereocenters. The van der Waals surface area contributed by atoms with Crippen LogP contribution in [0, 0.1) is 0 Å². The van der Waals surface area contributed by atoms with Gasteiger partial charge in [-0.25, -0.2) is 0 Å². The number of hydrogen-bond donors (Lipinski definition) is 3. The van der Waals surface area contributed by atoms with Crippen LogP contribution in [-0.2, 0) is 4.79 Å². The molecule has 1 rings (SSSR count). The molecule has 1 aliphatic rings. The predicted octanol–water partition coefficient (Wildman–Crippen LogP) is 1.75. The van der Waals surface area contributed by atoms with Gasteiger partial charge in [-0.2, -0.15) is 0 Å². The van der Waals surface area contributed by atoms with Crippen LogP contribution in [0.3, 0.4) is 0 Å². The molecule has 3 N–H and O–H groups in total. The van der Waals surface area contributed by atoms with E-state index in [2.05, 4.69) is 10.6 Å². The maximum atomic E-state index is 10.9. The lowest BCUT2D eigenvalue weighted by Gasteiger charge is -2.24. The summed E-state index contributed by atoms with van der Waals surface area (Å²) in [7, 11) is 0. The molecule has 17 heavy (non-hydrogen) atoms.